The third-order valence-electron chi connectivity index (χ3n) is 4.91. The van der Waals surface area contributed by atoms with Crippen molar-refractivity contribution in [3.8, 4) is 23.0 Å². The van der Waals surface area contributed by atoms with Crippen molar-refractivity contribution >= 4 is 11.6 Å². The number of aromatic nitrogens is 3. The summed E-state index contributed by atoms with van der Waals surface area (Å²) in [6.07, 6.45) is 3.63. The summed E-state index contributed by atoms with van der Waals surface area (Å²) in [6, 6.07) is 11.6. The largest absolute Gasteiger partial charge is 0.494 e. The minimum absolute atomic E-state index is 0.209. The number of rotatable bonds is 7. The topological polar surface area (TPSA) is 79.7 Å². The number of nitrogens with one attached hydrogen (secondary N) is 1. The first kappa shape index (κ1) is 19.6. The first-order valence-corrected chi connectivity index (χ1v) is 9.60. The van der Waals surface area contributed by atoms with Gasteiger partial charge in [0.2, 0.25) is 11.7 Å². The monoisotopic (exact) mass is 408 g/mol. The number of nitrogens with zero attached hydrogens (tertiary/aromatic N) is 3. The zero-order valence-corrected chi connectivity index (χ0v) is 17.4. The second kappa shape index (κ2) is 8.36. The van der Waals surface area contributed by atoms with E-state index in [4.69, 9.17) is 18.9 Å². The third kappa shape index (κ3) is 3.52. The smallest absolute Gasteiger partial charge is 0.226 e. The van der Waals surface area contributed by atoms with Crippen LogP contribution < -0.4 is 24.3 Å². The zero-order valence-electron chi connectivity index (χ0n) is 17.4. The van der Waals surface area contributed by atoms with Gasteiger partial charge in [-0.2, -0.15) is 10.1 Å². The van der Waals surface area contributed by atoms with E-state index in [9.17, 15) is 0 Å². The van der Waals surface area contributed by atoms with Crippen LogP contribution in [-0.2, 0) is 0 Å². The summed E-state index contributed by atoms with van der Waals surface area (Å²) in [6.45, 7) is 2.60. The number of anilines is 1. The van der Waals surface area contributed by atoms with Crippen molar-refractivity contribution in [1.29, 1.82) is 0 Å². The van der Waals surface area contributed by atoms with Crippen LogP contribution in [0.25, 0.3) is 5.70 Å². The molecule has 1 atom stereocenters. The van der Waals surface area contributed by atoms with Crippen LogP contribution >= 0.6 is 0 Å². The maximum absolute atomic E-state index is 5.55. The van der Waals surface area contributed by atoms with Crippen molar-refractivity contribution in [2.75, 3.05) is 33.3 Å². The molecule has 8 nitrogen and oxygen atoms in total. The van der Waals surface area contributed by atoms with Gasteiger partial charge in [0.1, 0.15) is 18.1 Å². The SMILES string of the molecule is CCOc1ccc(C2=CC(c3cc(OC)c(OC)c(OC)c3)n3ncnc3N2)cc1. The molecule has 1 aromatic heterocycles. The summed E-state index contributed by atoms with van der Waals surface area (Å²) in [5.41, 5.74) is 2.88. The van der Waals surface area contributed by atoms with Gasteiger partial charge in [0.25, 0.3) is 0 Å². The number of fused-ring (bicyclic) bond motifs is 1. The molecular weight excluding hydrogens is 384 g/mol. The Balaban J connectivity index is 1.78. The second-order valence-electron chi connectivity index (χ2n) is 6.59. The van der Waals surface area contributed by atoms with Crippen LogP contribution in [-0.4, -0.2) is 42.7 Å². The molecule has 2 aromatic carbocycles. The van der Waals surface area contributed by atoms with Gasteiger partial charge in [-0.25, -0.2) is 4.68 Å². The molecule has 1 aliphatic rings. The third-order valence-corrected chi connectivity index (χ3v) is 4.91. The summed E-state index contributed by atoms with van der Waals surface area (Å²) >= 11 is 0. The fraction of sp³-hybridized carbons (Fsp3) is 0.273. The Hall–Kier alpha value is -3.68. The lowest BCUT2D eigenvalue weighted by molar-refractivity contribution is 0.323. The molecule has 4 rings (SSSR count). The van der Waals surface area contributed by atoms with E-state index in [0.717, 1.165) is 22.6 Å². The maximum Gasteiger partial charge on any atom is 0.226 e. The molecule has 156 valence electrons. The van der Waals surface area contributed by atoms with Gasteiger partial charge in [0, 0.05) is 5.70 Å². The molecule has 30 heavy (non-hydrogen) atoms. The predicted octanol–water partition coefficient (Wildman–Crippen LogP) is 3.76. The molecule has 0 fully saturated rings. The van der Waals surface area contributed by atoms with Gasteiger partial charge in [-0.3, -0.25) is 0 Å². The van der Waals surface area contributed by atoms with Crippen molar-refractivity contribution in [3.63, 3.8) is 0 Å². The van der Waals surface area contributed by atoms with Crippen molar-refractivity contribution in [2.45, 2.75) is 13.0 Å². The molecule has 1 aliphatic heterocycles. The van der Waals surface area contributed by atoms with Crippen LogP contribution in [0.15, 0.2) is 48.8 Å². The predicted molar refractivity (Wildman–Crippen MR) is 113 cm³/mol. The minimum atomic E-state index is -0.209. The lowest BCUT2D eigenvalue weighted by atomic mass is 10.0. The van der Waals surface area contributed by atoms with E-state index in [1.165, 1.54) is 6.33 Å². The maximum atomic E-state index is 5.55. The van der Waals surface area contributed by atoms with Crippen LogP contribution in [0.3, 0.4) is 0 Å². The van der Waals surface area contributed by atoms with Crippen molar-refractivity contribution in [1.82, 2.24) is 14.8 Å². The molecular formula is C22H24N4O4. The number of ether oxygens (including phenoxy) is 4. The lowest BCUT2D eigenvalue weighted by Crippen LogP contribution is -2.20. The van der Waals surface area contributed by atoms with Gasteiger partial charge in [-0.05, 0) is 60.5 Å². The molecule has 0 saturated carbocycles. The number of methoxy groups -OCH3 is 3. The Labute approximate surface area is 175 Å². The molecule has 0 bridgehead atoms. The first-order valence-electron chi connectivity index (χ1n) is 9.60. The van der Waals surface area contributed by atoms with Crippen molar-refractivity contribution in [3.05, 3.63) is 59.9 Å². The Kier molecular flexibility index (Phi) is 5.47. The summed E-state index contributed by atoms with van der Waals surface area (Å²) < 4.78 is 23.9. The standard InChI is InChI=1S/C22H24N4O4/c1-5-30-16-8-6-14(7-9-16)17-12-18(26-22(25-17)23-13-24-26)15-10-19(27-2)21(29-4)20(11-15)28-3/h6-13,18H,5H2,1-4H3,(H,23,24,25). The lowest BCUT2D eigenvalue weighted by Gasteiger charge is -2.25. The average Bonchev–Trinajstić information content (AvgIpc) is 3.27. The van der Waals surface area contributed by atoms with Gasteiger partial charge < -0.3 is 24.3 Å². The van der Waals surface area contributed by atoms with Gasteiger partial charge in [-0.1, -0.05) is 0 Å². The molecule has 3 aromatic rings. The molecule has 0 saturated heterocycles. The summed E-state index contributed by atoms with van der Waals surface area (Å²) in [5.74, 6) is 3.21. The zero-order chi connectivity index (χ0) is 21.1. The van der Waals surface area contributed by atoms with Crippen molar-refractivity contribution < 1.29 is 18.9 Å². The molecule has 0 aliphatic carbocycles. The Morgan fingerprint density at radius 3 is 2.30 bits per heavy atom. The van der Waals surface area contributed by atoms with E-state index in [1.54, 1.807) is 21.3 Å². The number of benzene rings is 2. The molecule has 0 spiro atoms. The van der Waals surface area contributed by atoms with Gasteiger partial charge >= 0.3 is 0 Å². The van der Waals surface area contributed by atoms with E-state index in [1.807, 2.05) is 48.0 Å². The van der Waals surface area contributed by atoms with Gasteiger partial charge in [0.05, 0.1) is 27.9 Å². The number of hydrogen-bond donors (Lipinski definition) is 1. The highest BCUT2D eigenvalue weighted by Gasteiger charge is 2.26. The second-order valence-corrected chi connectivity index (χ2v) is 6.59. The van der Waals surface area contributed by atoms with Crippen LogP contribution in [0.2, 0.25) is 0 Å². The van der Waals surface area contributed by atoms with E-state index < -0.39 is 0 Å². The summed E-state index contributed by atoms with van der Waals surface area (Å²) in [4.78, 5) is 4.36. The normalized spacial score (nSPS) is 14.9. The van der Waals surface area contributed by atoms with E-state index >= 15 is 0 Å². The fourth-order valence-electron chi connectivity index (χ4n) is 3.51. The molecule has 0 radical (unpaired) electrons. The highest BCUT2D eigenvalue weighted by atomic mass is 16.5. The molecule has 8 heteroatoms. The quantitative estimate of drug-likeness (QED) is 0.638. The molecule has 1 N–H and O–H groups in total. The molecule has 0 amide bonds. The van der Waals surface area contributed by atoms with Gasteiger partial charge in [0.15, 0.2) is 11.5 Å². The fourth-order valence-corrected chi connectivity index (χ4v) is 3.51. The Bertz CT molecular complexity index is 1030. The summed E-state index contributed by atoms with van der Waals surface area (Å²) in [5, 5.41) is 7.75. The minimum Gasteiger partial charge on any atom is -0.494 e. The van der Waals surface area contributed by atoms with E-state index in [0.29, 0.717) is 29.8 Å². The van der Waals surface area contributed by atoms with Crippen LogP contribution in [0.4, 0.5) is 5.95 Å². The number of allylic oxidation sites excluding steroid dienone is 1. The van der Waals surface area contributed by atoms with E-state index in [2.05, 4.69) is 21.5 Å². The Morgan fingerprint density at radius 1 is 1.00 bits per heavy atom. The van der Waals surface area contributed by atoms with Crippen LogP contribution in [0, 0.1) is 0 Å². The first-order chi connectivity index (χ1) is 14.7. The highest BCUT2D eigenvalue weighted by Crippen LogP contribution is 2.42. The summed E-state index contributed by atoms with van der Waals surface area (Å²) in [7, 11) is 4.79. The van der Waals surface area contributed by atoms with Crippen LogP contribution in [0.5, 0.6) is 23.0 Å². The van der Waals surface area contributed by atoms with Crippen LogP contribution in [0.1, 0.15) is 24.1 Å². The van der Waals surface area contributed by atoms with Crippen molar-refractivity contribution in [2.24, 2.45) is 0 Å². The molecule has 2 heterocycles. The van der Waals surface area contributed by atoms with E-state index in [-0.39, 0.29) is 6.04 Å². The molecule has 1 unspecified atom stereocenters. The average molecular weight is 408 g/mol. The Morgan fingerprint density at radius 2 is 1.70 bits per heavy atom. The highest BCUT2D eigenvalue weighted by molar-refractivity contribution is 5.77. The number of hydrogen-bond acceptors (Lipinski definition) is 7. The van der Waals surface area contributed by atoms with Gasteiger partial charge in [-0.15, -0.1) is 0 Å².